The summed E-state index contributed by atoms with van der Waals surface area (Å²) in [5, 5.41) is 0. The van der Waals surface area contributed by atoms with E-state index in [9.17, 15) is 9.59 Å². The van der Waals surface area contributed by atoms with Gasteiger partial charge in [0.2, 0.25) is 0 Å². The minimum absolute atomic E-state index is 0. The normalized spacial score (nSPS) is 22.0. The maximum Gasteiger partial charge on any atom is 0.418 e. The first-order valence-electron chi connectivity index (χ1n) is 4.85. The van der Waals surface area contributed by atoms with Crippen LogP contribution in [0.2, 0.25) is 0 Å². The number of esters is 1. The molecule has 2 heterocycles. The first-order chi connectivity index (χ1) is 7.25. The molecule has 1 atom stereocenters. The molecule has 3 rings (SSSR count). The summed E-state index contributed by atoms with van der Waals surface area (Å²) in [6, 6.07) is 7.43. The van der Waals surface area contributed by atoms with Gasteiger partial charge in [-0.1, -0.05) is 24.3 Å². The number of rotatable bonds is 0. The molecule has 1 saturated heterocycles. The lowest BCUT2D eigenvalue weighted by Crippen LogP contribution is -2.39. The SMILES string of the molecule is O=C1OC(=O)N2Cc3ccccc3CC12.S. The zero-order valence-electron chi connectivity index (χ0n) is 8.47. The van der Waals surface area contributed by atoms with Gasteiger partial charge in [0.05, 0.1) is 6.54 Å². The van der Waals surface area contributed by atoms with E-state index in [4.69, 9.17) is 0 Å². The van der Waals surface area contributed by atoms with Crippen molar-refractivity contribution in [1.82, 2.24) is 4.90 Å². The molecule has 1 fully saturated rings. The molecule has 0 aliphatic carbocycles. The van der Waals surface area contributed by atoms with Gasteiger partial charge in [0.1, 0.15) is 6.04 Å². The van der Waals surface area contributed by atoms with Gasteiger partial charge < -0.3 is 4.74 Å². The van der Waals surface area contributed by atoms with E-state index in [-0.39, 0.29) is 13.5 Å². The van der Waals surface area contributed by atoms with Crippen LogP contribution >= 0.6 is 13.5 Å². The van der Waals surface area contributed by atoms with Crippen molar-refractivity contribution in [3.05, 3.63) is 35.4 Å². The number of amides is 1. The predicted molar refractivity (Wildman–Crippen MR) is 61.3 cm³/mol. The van der Waals surface area contributed by atoms with Gasteiger partial charge in [0.25, 0.3) is 0 Å². The molecule has 1 aromatic rings. The van der Waals surface area contributed by atoms with Gasteiger partial charge in [-0.25, -0.2) is 9.59 Å². The standard InChI is InChI=1S/C11H9NO3.H2S/c13-10-9-5-7-3-1-2-4-8(7)6-12(9)11(14)15-10;/h1-4,9H,5-6H2;1H2. The quantitative estimate of drug-likeness (QED) is 0.503. The van der Waals surface area contributed by atoms with Gasteiger partial charge in [0, 0.05) is 6.42 Å². The minimum Gasteiger partial charge on any atom is -0.375 e. The molecule has 2 aliphatic rings. The summed E-state index contributed by atoms with van der Waals surface area (Å²) >= 11 is 0. The number of fused-ring (bicyclic) bond motifs is 2. The van der Waals surface area contributed by atoms with Crippen LogP contribution in [0.5, 0.6) is 0 Å². The van der Waals surface area contributed by atoms with Crippen LogP contribution in [-0.2, 0) is 22.5 Å². The highest BCUT2D eigenvalue weighted by Gasteiger charge is 2.43. The number of cyclic esters (lactones) is 2. The molecule has 2 aliphatic heterocycles. The van der Waals surface area contributed by atoms with E-state index in [2.05, 4.69) is 4.74 Å². The Kier molecular flexibility index (Phi) is 2.63. The van der Waals surface area contributed by atoms with E-state index < -0.39 is 18.1 Å². The number of carbonyl (C=O) groups is 2. The third kappa shape index (κ3) is 1.48. The Hall–Kier alpha value is -1.49. The summed E-state index contributed by atoms with van der Waals surface area (Å²) in [6.07, 6.45) is 0.0558. The van der Waals surface area contributed by atoms with Crippen LogP contribution in [0.1, 0.15) is 11.1 Å². The number of hydrogen-bond donors (Lipinski definition) is 0. The van der Waals surface area contributed by atoms with E-state index in [1.165, 1.54) is 4.90 Å². The fraction of sp³-hybridized carbons (Fsp3) is 0.273. The topological polar surface area (TPSA) is 46.6 Å². The number of benzene rings is 1. The monoisotopic (exact) mass is 237 g/mol. The van der Waals surface area contributed by atoms with Crippen molar-refractivity contribution in [2.75, 3.05) is 0 Å². The molecule has 0 aromatic heterocycles. The van der Waals surface area contributed by atoms with Crippen LogP contribution in [0.4, 0.5) is 4.79 Å². The lowest BCUT2D eigenvalue weighted by atomic mass is 9.95. The number of hydrogen-bond acceptors (Lipinski definition) is 3. The second-order valence-electron chi connectivity index (χ2n) is 3.80. The van der Waals surface area contributed by atoms with Crippen LogP contribution in [-0.4, -0.2) is 23.0 Å². The maximum absolute atomic E-state index is 11.3. The Morgan fingerprint density at radius 3 is 2.62 bits per heavy atom. The lowest BCUT2D eigenvalue weighted by molar-refractivity contribution is -0.135. The van der Waals surface area contributed by atoms with Gasteiger partial charge in [-0.05, 0) is 11.1 Å². The van der Waals surface area contributed by atoms with Crippen LogP contribution in [0.25, 0.3) is 0 Å². The summed E-state index contributed by atoms with van der Waals surface area (Å²) in [7, 11) is 0. The molecule has 16 heavy (non-hydrogen) atoms. The highest BCUT2D eigenvalue weighted by Crippen LogP contribution is 2.28. The van der Waals surface area contributed by atoms with Crippen molar-refractivity contribution in [3.8, 4) is 0 Å². The zero-order valence-corrected chi connectivity index (χ0v) is 9.47. The summed E-state index contributed by atoms with van der Waals surface area (Å²) in [5.74, 6) is -0.422. The van der Waals surface area contributed by atoms with Gasteiger partial charge in [-0.15, -0.1) is 0 Å². The summed E-state index contributed by atoms with van der Waals surface area (Å²) in [4.78, 5) is 24.1. The van der Waals surface area contributed by atoms with Gasteiger partial charge in [-0.2, -0.15) is 13.5 Å². The molecule has 0 saturated carbocycles. The third-order valence-corrected chi connectivity index (χ3v) is 2.94. The Morgan fingerprint density at radius 1 is 1.19 bits per heavy atom. The lowest BCUT2D eigenvalue weighted by Gasteiger charge is -2.27. The van der Waals surface area contributed by atoms with E-state index in [1.807, 2.05) is 24.3 Å². The van der Waals surface area contributed by atoms with Gasteiger partial charge in [0.15, 0.2) is 0 Å². The molecule has 5 heteroatoms. The van der Waals surface area contributed by atoms with Gasteiger partial charge >= 0.3 is 12.1 Å². The summed E-state index contributed by atoms with van der Waals surface area (Å²) < 4.78 is 4.59. The molecule has 84 valence electrons. The van der Waals surface area contributed by atoms with Crippen molar-refractivity contribution in [3.63, 3.8) is 0 Å². The second-order valence-corrected chi connectivity index (χ2v) is 3.80. The van der Waals surface area contributed by atoms with Crippen molar-refractivity contribution < 1.29 is 14.3 Å². The van der Waals surface area contributed by atoms with Crippen LogP contribution in [0.3, 0.4) is 0 Å². The second kappa shape index (κ2) is 3.83. The molecule has 0 radical (unpaired) electrons. The number of ether oxygens (including phenoxy) is 1. The fourth-order valence-corrected chi connectivity index (χ4v) is 2.14. The highest BCUT2D eigenvalue weighted by molar-refractivity contribution is 7.59. The van der Waals surface area contributed by atoms with Gasteiger partial charge in [-0.3, -0.25) is 4.90 Å². The molecule has 0 spiro atoms. The molecular formula is C11H11NO3S. The smallest absolute Gasteiger partial charge is 0.375 e. The molecule has 4 nitrogen and oxygen atoms in total. The molecule has 0 N–H and O–H groups in total. The van der Waals surface area contributed by atoms with Crippen LogP contribution in [0.15, 0.2) is 24.3 Å². The van der Waals surface area contributed by atoms with Crippen molar-refractivity contribution in [2.24, 2.45) is 0 Å². The first kappa shape index (κ1) is 11.0. The van der Waals surface area contributed by atoms with E-state index in [0.29, 0.717) is 13.0 Å². The van der Waals surface area contributed by atoms with Crippen LogP contribution in [0, 0.1) is 0 Å². The largest absolute Gasteiger partial charge is 0.418 e. The highest BCUT2D eigenvalue weighted by atomic mass is 32.1. The number of carbonyl (C=O) groups excluding carboxylic acids is 2. The zero-order chi connectivity index (χ0) is 10.4. The van der Waals surface area contributed by atoms with E-state index >= 15 is 0 Å². The van der Waals surface area contributed by atoms with Crippen molar-refractivity contribution in [1.29, 1.82) is 0 Å². The third-order valence-electron chi connectivity index (χ3n) is 2.94. The van der Waals surface area contributed by atoms with E-state index in [1.54, 1.807) is 0 Å². The average molecular weight is 237 g/mol. The Bertz CT molecular complexity index is 419. The Balaban J connectivity index is 0.000000963. The summed E-state index contributed by atoms with van der Waals surface area (Å²) in [5.41, 5.74) is 2.23. The van der Waals surface area contributed by atoms with Crippen molar-refractivity contribution in [2.45, 2.75) is 19.0 Å². The molecule has 1 aromatic carbocycles. The molecule has 1 unspecified atom stereocenters. The summed E-state index contributed by atoms with van der Waals surface area (Å²) in [6.45, 7) is 0.478. The average Bonchev–Trinajstić information content (AvgIpc) is 2.52. The first-order valence-corrected chi connectivity index (χ1v) is 4.85. The molecular weight excluding hydrogens is 226 g/mol. The maximum atomic E-state index is 11.3. The van der Waals surface area contributed by atoms with Crippen molar-refractivity contribution >= 4 is 25.6 Å². The molecule has 0 bridgehead atoms. The Morgan fingerprint density at radius 2 is 1.88 bits per heavy atom. The Labute approximate surface area is 99.6 Å². The number of nitrogens with zero attached hydrogens (tertiary/aromatic N) is 1. The van der Waals surface area contributed by atoms with Crippen LogP contribution < -0.4 is 0 Å². The fourth-order valence-electron chi connectivity index (χ4n) is 2.14. The predicted octanol–water partition coefficient (Wildman–Crippen LogP) is 1.20. The molecule has 1 amide bonds. The minimum atomic E-state index is -0.514. The van der Waals surface area contributed by atoms with E-state index in [0.717, 1.165) is 11.1 Å².